The van der Waals surface area contributed by atoms with Gasteiger partial charge in [-0.05, 0) is 75.0 Å². The Balaban J connectivity index is 1.36. The second-order valence-corrected chi connectivity index (χ2v) is 9.85. The van der Waals surface area contributed by atoms with Crippen LogP contribution in [0, 0.1) is 29.8 Å². The molecule has 1 fully saturated rings. The van der Waals surface area contributed by atoms with E-state index in [1.165, 1.54) is 0 Å². The summed E-state index contributed by atoms with van der Waals surface area (Å²) in [6.07, 6.45) is 1.24. The predicted octanol–water partition coefficient (Wildman–Crippen LogP) is 6.04. The van der Waals surface area contributed by atoms with Crippen molar-refractivity contribution in [1.82, 2.24) is 9.88 Å². The number of likely N-dealkylation sites (tertiary alicyclic amines) is 1. The van der Waals surface area contributed by atoms with Gasteiger partial charge in [0.2, 0.25) is 0 Å². The molecule has 204 valence electrons. The number of fused-ring (bicyclic) bond motifs is 1. The Morgan fingerprint density at radius 1 is 1.18 bits per heavy atom. The molecule has 2 heterocycles. The maximum atomic E-state index is 15.7. The molecule has 1 atom stereocenters. The van der Waals surface area contributed by atoms with Crippen LogP contribution < -0.4 is 10.1 Å². The second kappa shape index (κ2) is 11.6. The summed E-state index contributed by atoms with van der Waals surface area (Å²) in [6, 6.07) is 7.07. The number of hydrogen-bond acceptors (Lipinski definition) is 5. The molecule has 0 aliphatic carbocycles. The third-order valence-corrected chi connectivity index (χ3v) is 7.51. The quantitative estimate of drug-likeness (QED) is 0.245. The number of carboxylic acids is 1. The van der Waals surface area contributed by atoms with E-state index in [4.69, 9.17) is 4.74 Å². The normalized spacial score (nSPS) is 16.4. The summed E-state index contributed by atoms with van der Waals surface area (Å²) >= 11 is 0. The minimum Gasteiger partial charge on any atom is -0.497 e. The van der Waals surface area contributed by atoms with Crippen LogP contribution in [0.5, 0.6) is 5.75 Å². The molecule has 0 amide bonds. The Kier molecular flexibility index (Phi) is 8.40. The van der Waals surface area contributed by atoms with Crippen molar-refractivity contribution in [2.45, 2.75) is 38.8 Å². The third-order valence-electron chi connectivity index (χ3n) is 7.51. The number of alkyl halides is 1. The van der Waals surface area contributed by atoms with Gasteiger partial charge in [0.15, 0.2) is 17.5 Å². The van der Waals surface area contributed by atoms with Crippen molar-refractivity contribution in [2.75, 3.05) is 38.6 Å². The fraction of sp³-hybridized carbons (Fsp3) is 0.429. The highest BCUT2D eigenvalue weighted by atomic mass is 19.2. The zero-order valence-corrected chi connectivity index (χ0v) is 21.4. The number of piperidine rings is 1. The number of ether oxygens (including phenoxy) is 1. The van der Waals surface area contributed by atoms with Gasteiger partial charge in [-0.25, -0.2) is 17.6 Å². The molecule has 0 radical (unpaired) electrons. The summed E-state index contributed by atoms with van der Waals surface area (Å²) in [6.45, 7) is 3.63. The van der Waals surface area contributed by atoms with E-state index in [0.29, 0.717) is 66.8 Å². The highest BCUT2D eigenvalue weighted by Crippen LogP contribution is 2.41. The number of pyridine rings is 1. The lowest BCUT2D eigenvalue weighted by Crippen LogP contribution is -2.45. The van der Waals surface area contributed by atoms with Crippen molar-refractivity contribution >= 4 is 22.6 Å². The lowest BCUT2D eigenvalue weighted by Gasteiger charge is -2.39. The number of aryl methyl sites for hydroxylation is 1. The van der Waals surface area contributed by atoms with Gasteiger partial charge in [-0.2, -0.15) is 0 Å². The lowest BCUT2D eigenvalue weighted by molar-refractivity contribution is -0.153. The van der Waals surface area contributed by atoms with Crippen LogP contribution in [0.1, 0.15) is 43.0 Å². The lowest BCUT2D eigenvalue weighted by atomic mass is 9.74. The number of benzene rings is 2. The van der Waals surface area contributed by atoms with Crippen LogP contribution in [0.15, 0.2) is 36.5 Å². The molecule has 6 nitrogen and oxygen atoms in total. The summed E-state index contributed by atoms with van der Waals surface area (Å²) in [4.78, 5) is 18.7. The standard InChI is InChI=1S/C28H31F4N3O3/c1-17-16-34-24-4-3-19(38-2)15-20(24)25(17)21(29)5-6-28(27(36)37)7-10-35(11-8-28)12-9-33-18-13-22(30)26(32)23(31)14-18/h3-4,13-16,21,33H,5-12H2,1-2H3,(H,36,37)/t21-/m0/s1. The number of aromatic nitrogens is 1. The van der Waals surface area contributed by atoms with E-state index in [0.717, 1.165) is 12.1 Å². The molecule has 3 aromatic rings. The molecule has 1 aliphatic rings. The highest BCUT2D eigenvalue weighted by molar-refractivity contribution is 5.85. The zero-order chi connectivity index (χ0) is 27.4. The van der Waals surface area contributed by atoms with E-state index in [1.54, 1.807) is 38.4 Å². The van der Waals surface area contributed by atoms with Crippen LogP contribution in [0.4, 0.5) is 23.2 Å². The molecule has 1 aromatic heterocycles. The van der Waals surface area contributed by atoms with Crippen molar-refractivity contribution < 1.29 is 32.2 Å². The maximum absolute atomic E-state index is 15.7. The number of halogens is 4. The Hall–Kier alpha value is -3.40. The molecule has 38 heavy (non-hydrogen) atoms. The Morgan fingerprint density at radius 2 is 1.87 bits per heavy atom. The van der Waals surface area contributed by atoms with Crippen LogP contribution in [0.2, 0.25) is 0 Å². The monoisotopic (exact) mass is 533 g/mol. The smallest absolute Gasteiger partial charge is 0.309 e. The van der Waals surface area contributed by atoms with Crippen LogP contribution in [0.3, 0.4) is 0 Å². The van der Waals surface area contributed by atoms with Crippen LogP contribution in [-0.4, -0.2) is 54.2 Å². The van der Waals surface area contributed by atoms with Gasteiger partial charge in [-0.1, -0.05) is 0 Å². The largest absolute Gasteiger partial charge is 0.497 e. The topological polar surface area (TPSA) is 74.7 Å². The minimum absolute atomic E-state index is 0.0622. The molecule has 0 unspecified atom stereocenters. The summed E-state index contributed by atoms with van der Waals surface area (Å²) in [7, 11) is 1.54. The van der Waals surface area contributed by atoms with E-state index in [2.05, 4.69) is 10.3 Å². The third kappa shape index (κ3) is 5.85. The van der Waals surface area contributed by atoms with Crippen LogP contribution >= 0.6 is 0 Å². The van der Waals surface area contributed by atoms with E-state index < -0.39 is 35.0 Å². The molecular formula is C28H31F4N3O3. The molecule has 10 heteroatoms. The maximum Gasteiger partial charge on any atom is 0.309 e. The summed E-state index contributed by atoms with van der Waals surface area (Å²) in [5.41, 5.74) is 0.947. The first kappa shape index (κ1) is 27.6. The van der Waals surface area contributed by atoms with Gasteiger partial charge < -0.3 is 20.1 Å². The van der Waals surface area contributed by atoms with Crippen molar-refractivity contribution in [1.29, 1.82) is 0 Å². The van der Waals surface area contributed by atoms with Crippen molar-refractivity contribution in [3.8, 4) is 5.75 Å². The fourth-order valence-electron chi connectivity index (χ4n) is 5.17. The summed E-state index contributed by atoms with van der Waals surface area (Å²) in [5.74, 6) is -4.39. The van der Waals surface area contributed by atoms with Gasteiger partial charge in [-0.3, -0.25) is 9.78 Å². The van der Waals surface area contributed by atoms with Gasteiger partial charge in [0, 0.05) is 42.5 Å². The Labute approximate surface area is 218 Å². The van der Waals surface area contributed by atoms with Gasteiger partial charge in [-0.15, -0.1) is 0 Å². The molecule has 0 bridgehead atoms. The number of carbonyl (C=O) groups is 1. The van der Waals surface area contributed by atoms with Gasteiger partial charge in [0.1, 0.15) is 11.9 Å². The molecule has 0 saturated carbocycles. The Morgan fingerprint density at radius 3 is 2.50 bits per heavy atom. The second-order valence-electron chi connectivity index (χ2n) is 9.85. The van der Waals surface area contributed by atoms with Crippen molar-refractivity contribution in [3.63, 3.8) is 0 Å². The van der Waals surface area contributed by atoms with E-state index >= 15 is 4.39 Å². The van der Waals surface area contributed by atoms with Crippen molar-refractivity contribution in [3.05, 3.63) is 65.1 Å². The summed E-state index contributed by atoms with van der Waals surface area (Å²) in [5, 5.41) is 13.6. The fourth-order valence-corrected chi connectivity index (χ4v) is 5.17. The zero-order valence-electron chi connectivity index (χ0n) is 21.4. The summed E-state index contributed by atoms with van der Waals surface area (Å²) < 4.78 is 60.9. The van der Waals surface area contributed by atoms with Gasteiger partial charge in [0.25, 0.3) is 0 Å². The average Bonchev–Trinajstić information content (AvgIpc) is 2.90. The first-order valence-electron chi connectivity index (χ1n) is 12.5. The van der Waals surface area contributed by atoms with Crippen molar-refractivity contribution in [2.24, 2.45) is 5.41 Å². The van der Waals surface area contributed by atoms with Crippen LogP contribution in [0.25, 0.3) is 10.9 Å². The minimum atomic E-state index is -1.51. The first-order chi connectivity index (χ1) is 18.1. The molecular weight excluding hydrogens is 502 g/mol. The first-order valence-corrected chi connectivity index (χ1v) is 12.5. The van der Waals surface area contributed by atoms with E-state index in [9.17, 15) is 23.1 Å². The average molecular weight is 534 g/mol. The molecule has 4 rings (SSSR count). The molecule has 1 saturated heterocycles. The van der Waals surface area contributed by atoms with Gasteiger partial charge >= 0.3 is 5.97 Å². The molecule has 0 spiro atoms. The number of anilines is 1. The van der Waals surface area contributed by atoms with E-state index in [-0.39, 0.29) is 18.5 Å². The number of carboxylic acid groups (broad SMARTS) is 1. The van der Waals surface area contributed by atoms with E-state index in [1.807, 2.05) is 4.90 Å². The molecule has 2 N–H and O–H groups in total. The number of hydrogen-bond donors (Lipinski definition) is 2. The SMILES string of the molecule is COc1ccc2ncc(C)c([C@@H](F)CCC3(C(=O)O)CCN(CCNc4cc(F)c(F)c(F)c4)CC3)c2c1. The molecule has 1 aliphatic heterocycles. The number of aliphatic carboxylic acids is 1. The number of rotatable bonds is 10. The number of methoxy groups -OCH3 is 1. The van der Waals surface area contributed by atoms with Gasteiger partial charge in [0.05, 0.1) is 18.0 Å². The van der Waals surface area contributed by atoms with Crippen LogP contribution in [-0.2, 0) is 4.79 Å². The number of nitrogens with zero attached hydrogens (tertiary/aromatic N) is 2. The Bertz CT molecular complexity index is 1290. The number of nitrogens with one attached hydrogen (secondary N) is 1. The highest BCUT2D eigenvalue weighted by Gasteiger charge is 2.41. The predicted molar refractivity (Wildman–Crippen MR) is 137 cm³/mol. The molecule has 2 aromatic carbocycles.